The molecule has 1 unspecified atom stereocenters. The largest absolute Gasteiger partial charge is 0.499 e. The van der Waals surface area contributed by atoms with Gasteiger partial charge in [0.2, 0.25) is 0 Å². The Morgan fingerprint density at radius 3 is 2.75 bits per heavy atom. The van der Waals surface area contributed by atoms with Crippen LogP contribution in [0.1, 0.15) is 33.1 Å². The van der Waals surface area contributed by atoms with Crippen molar-refractivity contribution in [2.45, 2.75) is 38.7 Å². The zero-order valence-electron chi connectivity index (χ0n) is 10.1. The summed E-state index contributed by atoms with van der Waals surface area (Å²) in [5.41, 5.74) is 0.0271. The molecule has 90 valence electrons. The fourth-order valence-corrected chi connectivity index (χ4v) is 2.73. The van der Waals surface area contributed by atoms with Gasteiger partial charge in [0.1, 0.15) is 5.78 Å². The minimum Gasteiger partial charge on any atom is -0.499 e. The van der Waals surface area contributed by atoms with Gasteiger partial charge in [-0.05, 0) is 33.1 Å². The molecule has 0 N–H and O–H groups in total. The zero-order valence-corrected chi connectivity index (χ0v) is 10.1. The number of hydrogen-bond acceptors (Lipinski definition) is 3. The van der Waals surface area contributed by atoms with E-state index in [4.69, 9.17) is 9.47 Å². The van der Waals surface area contributed by atoms with Gasteiger partial charge in [-0.3, -0.25) is 4.79 Å². The summed E-state index contributed by atoms with van der Waals surface area (Å²) < 4.78 is 10.9. The highest BCUT2D eigenvalue weighted by Crippen LogP contribution is 2.48. The highest BCUT2D eigenvalue weighted by molar-refractivity contribution is 5.79. The maximum Gasteiger partial charge on any atom is 0.133 e. The van der Waals surface area contributed by atoms with Crippen LogP contribution in [0.15, 0.2) is 12.3 Å². The van der Waals surface area contributed by atoms with Crippen LogP contribution >= 0.6 is 0 Å². The van der Waals surface area contributed by atoms with Gasteiger partial charge in [0, 0.05) is 11.8 Å². The lowest BCUT2D eigenvalue weighted by Gasteiger charge is -2.34. The van der Waals surface area contributed by atoms with Crippen LogP contribution in [0.5, 0.6) is 0 Å². The molecule has 1 aliphatic heterocycles. The summed E-state index contributed by atoms with van der Waals surface area (Å²) in [4.78, 5) is 11.7. The van der Waals surface area contributed by atoms with Crippen molar-refractivity contribution in [1.82, 2.24) is 0 Å². The van der Waals surface area contributed by atoms with Crippen molar-refractivity contribution in [3.63, 3.8) is 0 Å². The molecule has 3 nitrogen and oxygen atoms in total. The lowest BCUT2D eigenvalue weighted by Crippen LogP contribution is -2.35. The first-order valence-electron chi connectivity index (χ1n) is 6.04. The second-order valence-electron chi connectivity index (χ2n) is 4.94. The quantitative estimate of drug-likeness (QED) is 0.543. The fraction of sp³-hybridized carbons (Fsp3) is 0.769. The van der Waals surface area contributed by atoms with Crippen LogP contribution in [-0.4, -0.2) is 24.6 Å². The van der Waals surface area contributed by atoms with E-state index in [9.17, 15) is 4.79 Å². The van der Waals surface area contributed by atoms with Gasteiger partial charge in [-0.2, -0.15) is 0 Å². The average Bonchev–Trinajstić information content (AvgIpc) is 2.98. The van der Waals surface area contributed by atoms with E-state index in [-0.39, 0.29) is 23.2 Å². The number of Topliss-reactive ketones (excluding diaryl/α,β-unsaturated/α-hetero) is 1. The molecule has 0 bridgehead atoms. The van der Waals surface area contributed by atoms with Gasteiger partial charge in [0.05, 0.1) is 24.6 Å². The van der Waals surface area contributed by atoms with Gasteiger partial charge < -0.3 is 9.47 Å². The summed E-state index contributed by atoms with van der Waals surface area (Å²) in [7, 11) is 0. The highest BCUT2D eigenvalue weighted by atomic mass is 16.6. The first kappa shape index (κ1) is 11.6. The first-order valence-corrected chi connectivity index (χ1v) is 6.04. The maximum atomic E-state index is 11.7. The van der Waals surface area contributed by atoms with E-state index in [1.807, 2.05) is 6.92 Å². The normalized spacial score (nSPS) is 37.1. The highest BCUT2D eigenvalue weighted by Gasteiger charge is 2.52. The van der Waals surface area contributed by atoms with E-state index in [2.05, 4.69) is 6.58 Å². The maximum absolute atomic E-state index is 11.7. The third-order valence-electron chi connectivity index (χ3n) is 3.81. The Kier molecular flexibility index (Phi) is 3.06. The molecule has 2 aliphatic rings. The number of carbonyl (C=O) groups is 1. The Labute approximate surface area is 96.8 Å². The van der Waals surface area contributed by atoms with Crippen molar-refractivity contribution in [3.05, 3.63) is 12.3 Å². The fourth-order valence-electron chi connectivity index (χ4n) is 2.73. The molecule has 2 rings (SSSR count). The standard InChI is InChI=1S/C13H20O3/c1-4-15-10(3)11-5-6-13(8-16-13)7-12(11)9(2)14/h11-12H,3-8H2,1-2H3/t11-,12-,13?/m1/s1. The number of hydrogen-bond donors (Lipinski definition) is 0. The second-order valence-corrected chi connectivity index (χ2v) is 4.94. The van der Waals surface area contributed by atoms with Gasteiger partial charge in [0.25, 0.3) is 0 Å². The number of allylic oxidation sites excluding steroid dienone is 1. The van der Waals surface area contributed by atoms with Gasteiger partial charge in [-0.1, -0.05) is 6.58 Å². The Morgan fingerprint density at radius 2 is 2.25 bits per heavy atom. The predicted octanol–water partition coefficient (Wildman–Crippen LogP) is 2.31. The van der Waals surface area contributed by atoms with Crippen LogP contribution < -0.4 is 0 Å². The molecule has 1 saturated heterocycles. The molecule has 0 amide bonds. The summed E-state index contributed by atoms with van der Waals surface area (Å²) >= 11 is 0. The number of ketones is 1. The number of rotatable bonds is 4. The van der Waals surface area contributed by atoms with Crippen LogP contribution in [0.3, 0.4) is 0 Å². The molecule has 0 aromatic heterocycles. The first-order chi connectivity index (χ1) is 7.58. The summed E-state index contributed by atoms with van der Waals surface area (Å²) in [5, 5.41) is 0. The summed E-state index contributed by atoms with van der Waals surface area (Å²) in [6.45, 7) is 9.02. The van der Waals surface area contributed by atoms with E-state index in [1.54, 1.807) is 6.92 Å². The number of epoxide rings is 1. The molecule has 0 aromatic carbocycles. The molecule has 3 heteroatoms. The lowest BCUT2D eigenvalue weighted by molar-refractivity contribution is -0.124. The van der Waals surface area contributed by atoms with Crippen molar-refractivity contribution in [2.75, 3.05) is 13.2 Å². The summed E-state index contributed by atoms with van der Waals surface area (Å²) in [6.07, 6.45) is 2.84. The van der Waals surface area contributed by atoms with Gasteiger partial charge >= 0.3 is 0 Å². The van der Waals surface area contributed by atoms with E-state index < -0.39 is 0 Å². The van der Waals surface area contributed by atoms with E-state index in [0.29, 0.717) is 6.61 Å². The average molecular weight is 224 g/mol. The Balaban J connectivity index is 2.05. The minimum absolute atomic E-state index is 0.0271. The minimum atomic E-state index is 0.0271. The van der Waals surface area contributed by atoms with E-state index >= 15 is 0 Å². The molecule has 0 radical (unpaired) electrons. The van der Waals surface area contributed by atoms with Crippen molar-refractivity contribution in [2.24, 2.45) is 11.8 Å². The smallest absolute Gasteiger partial charge is 0.133 e. The monoisotopic (exact) mass is 224 g/mol. The van der Waals surface area contributed by atoms with Gasteiger partial charge in [-0.25, -0.2) is 0 Å². The SMILES string of the molecule is C=C(OCC)[C@H]1CCC2(CO2)C[C@@H]1C(C)=O. The molecule has 2 fully saturated rings. The van der Waals surface area contributed by atoms with Gasteiger partial charge in [0.15, 0.2) is 0 Å². The third-order valence-corrected chi connectivity index (χ3v) is 3.81. The predicted molar refractivity (Wildman–Crippen MR) is 61.0 cm³/mol. The molecule has 16 heavy (non-hydrogen) atoms. The van der Waals surface area contributed by atoms with Crippen LogP contribution in [-0.2, 0) is 14.3 Å². The van der Waals surface area contributed by atoms with Crippen LogP contribution in [0.4, 0.5) is 0 Å². The summed E-state index contributed by atoms with van der Waals surface area (Å²) in [5.74, 6) is 1.24. The molecule has 1 aliphatic carbocycles. The Morgan fingerprint density at radius 1 is 1.56 bits per heavy atom. The summed E-state index contributed by atoms with van der Waals surface area (Å²) in [6, 6.07) is 0. The van der Waals surface area contributed by atoms with Crippen LogP contribution in [0.25, 0.3) is 0 Å². The van der Waals surface area contributed by atoms with E-state index in [0.717, 1.165) is 31.6 Å². The Bertz CT molecular complexity index is 304. The third kappa shape index (κ3) is 2.14. The van der Waals surface area contributed by atoms with Crippen molar-refractivity contribution < 1.29 is 14.3 Å². The van der Waals surface area contributed by atoms with Gasteiger partial charge in [-0.15, -0.1) is 0 Å². The Hall–Kier alpha value is -0.830. The molecule has 1 saturated carbocycles. The number of carbonyl (C=O) groups excluding carboxylic acids is 1. The topological polar surface area (TPSA) is 38.8 Å². The van der Waals surface area contributed by atoms with Crippen molar-refractivity contribution in [3.8, 4) is 0 Å². The number of ether oxygens (including phenoxy) is 2. The molecule has 1 spiro atoms. The molecular formula is C13H20O3. The van der Waals surface area contributed by atoms with Crippen LogP contribution in [0.2, 0.25) is 0 Å². The zero-order chi connectivity index (χ0) is 11.8. The van der Waals surface area contributed by atoms with Crippen molar-refractivity contribution >= 4 is 5.78 Å². The molecule has 1 heterocycles. The molecular weight excluding hydrogens is 204 g/mol. The second kappa shape index (κ2) is 4.21. The lowest BCUT2D eigenvalue weighted by atomic mass is 9.71. The molecule has 0 aromatic rings. The van der Waals surface area contributed by atoms with Crippen LogP contribution in [0, 0.1) is 11.8 Å². The van der Waals surface area contributed by atoms with Crippen molar-refractivity contribution in [1.29, 1.82) is 0 Å². The molecule has 3 atom stereocenters. The van der Waals surface area contributed by atoms with E-state index in [1.165, 1.54) is 0 Å².